The lowest BCUT2D eigenvalue weighted by molar-refractivity contribution is -0.114. The van der Waals surface area contributed by atoms with Crippen LogP contribution in [-0.4, -0.2) is 30.9 Å². The van der Waals surface area contributed by atoms with E-state index in [9.17, 15) is 9.59 Å². The summed E-state index contributed by atoms with van der Waals surface area (Å²) in [5, 5.41) is 5.43. The molecule has 17 heavy (non-hydrogen) atoms. The Morgan fingerprint density at radius 1 is 1.18 bits per heavy atom. The Labute approximate surface area is 101 Å². The van der Waals surface area contributed by atoms with E-state index in [4.69, 9.17) is 0 Å². The number of hydrogen-bond acceptors (Lipinski definition) is 2. The summed E-state index contributed by atoms with van der Waals surface area (Å²) in [7, 11) is 3.33. The summed E-state index contributed by atoms with van der Waals surface area (Å²) in [6.45, 7) is 3.34. The predicted octanol–water partition coefficient (Wildman–Crippen LogP) is 2.05. The highest BCUT2D eigenvalue weighted by Gasteiger charge is 2.06. The molecule has 5 nitrogen and oxygen atoms in total. The van der Waals surface area contributed by atoms with Crippen molar-refractivity contribution in [2.45, 2.75) is 13.8 Å². The first-order valence-corrected chi connectivity index (χ1v) is 5.26. The molecule has 0 aliphatic heterocycles. The lowest BCUT2D eigenvalue weighted by Crippen LogP contribution is -2.27. The molecule has 0 radical (unpaired) electrons. The molecule has 0 bridgehead atoms. The number of nitrogens with one attached hydrogen (secondary N) is 2. The van der Waals surface area contributed by atoms with Gasteiger partial charge in [-0.2, -0.15) is 0 Å². The second-order valence-electron chi connectivity index (χ2n) is 4.04. The minimum atomic E-state index is -0.206. The van der Waals surface area contributed by atoms with Gasteiger partial charge in [-0.25, -0.2) is 4.79 Å². The Balaban J connectivity index is 2.88. The van der Waals surface area contributed by atoms with Gasteiger partial charge in [0.2, 0.25) is 5.91 Å². The van der Waals surface area contributed by atoms with Crippen molar-refractivity contribution in [2.75, 3.05) is 24.7 Å². The van der Waals surface area contributed by atoms with Gasteiger partial charge in [-0.3, -0.25) is 4.79 Å². The monoisotopic (exact) mass is 235 g/mol. The summed E-state index contributed by atoms with van der Waals surface area (Å²) in [5.41, 5.74) is 2.30. The van der Waals surface area contributed by atoms with Crippen molar-refractivity contribution in [1.29, 1.82) is 0 Å². The number of carbonyl (C=O) groups excluding carboxylic acids is 2. The molecule has 1 aromatic carbocycles. The number of urea groups is 1. The summed E-state index contributed by atoms with van der Waals surface area (Å²) >= 11 is 0. The highest BCUT2D eigenvalue weighted by molar-refractivity contribution is 5.93. The van der Waals surface area contributed by atoms with Crippen LogP contribution in [0.2, 0.25) is 0 Å². The zero-order valence-corrected chi connectivity index (χ0v) is 10.5. The molecule has 0 atom stereocenters. The fourth-order valence-electron chi connectivity index (χ4n) is 1.26. The van der Waals surface area contributed by atoms with Gasteiger partial charge in [0, 0.05) is 32.4 Å². The van der Waals surface area contributed by atoms with Crippen LogP contribution < -0.4 is 10.6 Å². The van der Waals surface area contributed by atoms with Crippen LogP contribution in [0.15, 0.2) is 18.2 Å². The summed E-state index contributed by atoms with van der Waals surface area (Å²) < 4.78 is 0. The van der Waals surface area contributed by atoms with Crippen LogP contribution in [0.5, 0.6) is 0 Å². The molecule has 0 fully saturated rings. The molecule has 1 aromatic rings. The maximum atomic E-state index is 11.5. The van der Waals surface area contributed by atoms with E-state index in [2.05, 4.69) is 10.6 Å². The standard InChI is InChI=1S/C12H17N3O2/c1-8-5-6-10(14-12(17)15(3)4)7-11(8)13-9(2)16/h5-7H,1-4H3,(H,13,16)(H,14,17). The number of benzene rings is 1. The molecule has 0 aliphatic carbocycles. The van der Waals surface area contributed by atoms with E-state index in [0.717, 1.165) is 5.56 Å². The Morgan fingerprint density at radius 2 is 1.82 bits per heavy atom. The topological polar surface area (TPSA) is 61.4 Å². The summed E-state index contributed by atoms with van der Waals surface area (Å²) in [4.78, 5) is 23.9. The van der Waals surface area contributed by atoms with Crippen molar-refractivity contribution in [3.63, 3.8) is 0 Å². The van der Waals surface area contributed by atoms with Crippen LogP contribution in [0.3, 0.4) is 0 Å². The number of rotatable bonds is 2. The van der Waals surface area contributed by atoms with Crippen LogP contribution >= 0.6 is 0 Å². The Morgan fingerprint density at radius 3 is 2.35 bits per heavy atom. The molecule has 3 amide bonds. The highest BCUT2D eigenvalue weighted by Crippen LogP contribution is 2.20. The molecule has 0 aromatic heterocycles. The largest absolute Gasteiger partial charge is 0.331 e. The maximum absolute atomic E-state index is 11.5. The molecule has 92 valence electrons. The number of hydrogen-bond donors (Lipinski definition) is 2. The quantitative estimate of drug-likeness (QED) is 0.824. The molecule has 0 aliphatic rings. The van der Waals surface area contributed by atoms with Crippen molar-refractivity contribution in [1.82, 2.24) is 4.90 Å². The predicted molar refractivity (Wildman–Crippen MR) is 68.2 cm³/mol. The normalized spacial score (nSPS) is 9.65. The molecule has 0 saturated heterocycles. The smallest absolute Gasteiger partial charge is 0.321 e. The Bertz CT molecular complexity index is 441. The van der Waals surface area contributed by atoms with Gasteiger partial charge in [0.05, 0.1) is 0 Å². The fourth-order valence-corrected chi connectivity index (χ4v) is 1.26. The number of aryl methyl sites for hydroxylation is 1. The van der Waals surface area contributed by atoms with E-state index in [1.807, 2.05) is 13.0 Å². The summed E-state index contributed by atoms with van der Waals surface area (Å²) in [5.74, 6) is -0.135. The number of anilines is 2. The second kappa shape index (κ2) is 5.34. The third-order valence-electron chi connectivity index (χ3n) is 2.21. The van der Waals surface area contributed by atoms with E-state index < -0.39 is 0 Å². The minimum absolute atomic E-state index is 0.135. The van der Waals surface area contributed by atoms with Crippen molar-refractivity contribution < 1.29 is 9.59 Å². The molecular weight excluding hydrogens is 218 g/mol. The van der Waals surface area contributed by atoms with E-state index in [0.29, 0.717) is 11.4 Å². The third kappa shape index (κ3) is 3.79. The highest BCUT2D eigenvalue weighted by atomic mass is 16.2. The first-order chi connectivity index (χ1) is 7.90. The zero-order chi connectivity index (χ0) is 13.0. The zero-order valence-electron chi connectivity index (χ0n) is 10.5. The van der Waals surface area contributed by atoms with Gasteiger partial charge >= 0.3 is 6.03 Å². The van der Waals surface area contributed by atoms with Crippen LogP contribution in [0.4, 0.5) is 16.2 Å². The lowest BCUT2D eigenvalue weighted by atomic mass is 10.2. The molecule has 0 saturated carbocycles. The minimum Gasteiger partial charge on any atom is -0.331 e. The molecule has 1 rings (SSSR count). The molecule has 0 spiro atoms. The van der Waals surface area contributed by atoms with Gasteiger partial charge in [-0.15, -0.1) is 0 Å². The van der Waals surface area contributed by atoms with Crippen LogP contribution in [0.1, 0.15) is 12.5 Å². The van der Waals surface area contributed by atoms with E-state index >= 15 is 0 Å². The average molecular weight is 235 g/mol. The lowest BCUT2D eigenvalue weighted by Gasteiger charge is -2.14. The SMILES string of the molecule is CC(=O)Nc1cc(NC(=O)N(C)C)ccc1C. The first-order valence-electron chi connectivity index (χ1n) is 5.26. The third-order valence-corrected chi connectivity index (χ3v) is 2.21. The van der Waals surface area contributed by atoms with E-state index in [1.54, 1.807) is 26.2 Å². The molecule has 0 heterocycles. The van der Waals surface area contributed by atoms with Gasteiger partial charge in [0.25, 0.3) is 0 Å². The molecule has 5 heteroatoms. The van der Waals surface area contributed by atoms with Gasteiger partial charge in [-0.05, 0) is 24.6 Å². The maximum Gasteiger partial charge on any atom is 0.321 e. The van der Waals surface area contributed by atoms with Gasteiger partial charge in [0.15, 0.2) is 0 Å². The summed E-state index contributed by atoms with van der Waals surface area (Å²) in [6, 6.07) is 5.17. The number of carbonyl (C=O) groups is 2. The van der Waals surface area contributed by atoms with Crippen LogP contribution in [0.25, 0.3) is 0 Å². The molecule has 0 unspecified atom stereocenters. The van der Waals surface area contributed by atoms with E-state index in [1.165, 1.54) is 11.8 Å². The second-order valence-corrected chi connectivity index (χ2v) is 4.04. The number of amides is 3. The van der Waals surface area contributed by atoms with Gasteiger partial charge < -0.3 is 15.5 Å². The van der Waals surface area contributed by atoms with Crippen molar-refractivity contribution >= 4 is 23.3 Å². The first kappa shape index (κ1) is 13.0. The van der Waals surface area contributed by atoms with Gasteiger partial charge in [-0.1, -0.05) is 6.07 Å². The Kier molecular flexibility index (Phi) is 4.09. The van der Waals surface area contributed by atoms with Gasteiger partial charge in [0.1, 0.15) is 0 Å². The molecular formula is C12H17N3O2. The fraction of sp³-hybridized carbons (Fsp3) is 0.333. The Hall–Kier alpha value is -2.04. The number of nitrogens with zero attached hydrogens (tertiary/aromatic N) is 1. The van der Waals surface area contributed by atoms with Crippen molar-refractivity contribution in [2.24, 2.45) is 0 Å². The van der Waals surface area contributed by atoms with E-state index in [-0.39, 0.29) is 11.9 Å². The van der Waals surface area contributed by atoms with Crippen LogP contribution in [0, 0.1) is 6.92 Å². The average Bonchev–Trinajstić information content (AvgIpc) is 2.22. The molecule has 2 N–H and O–H groups in total. The summed E-state index contributed by atoms with van der Waals surface area (Å²) in [6.07, 6.45) is 0. The van der Waals surface area contributed by atoms with Crippen molar-refractivity contribution in [3.8, 4) is 0 Å². The van der Waals surface area contributed by atoms with Crippen molar-refractivity contribution in [3.05, 3.63) is 23.8 Å². The van der Waals surface area contributed by atoms with Crippen LogP contribution in [-0.2, 0) is 4.79 Å².